The highest BCUT2D eigenvalue weighted by atomic mass is 79.9. The van der Waals surface area contributed by atoms with Gasteiger partial charge in [-0.05, 0) is 42.3 Å². The average molecular weight is 509 g/mol. The fourth-order valence-corrected chi connectivity index (χ4v) is 3.71. The first kappa shape index (κ1) is 24.2. The normalized spacial score (nSPS) is 11.5. The molecular weight excluding hydrogens is 484 g/mol. The zero-order chi connectivity index (χ0) is 24.2. The molecule has 0 saturated carbocycles. The first-order chi connectivity index (χ1) is 15.7. The Hall–Kier alpha value is -3.44. The van der Waals surface area contributed by atoms with Crippen LogP contribution in [-0.4, -0.2) is 29.6 Å². The highest BCUT2D eigenvalue weighted by Gasteiger charge is 2.23. The van der Waals surface area contributed by atoms with Crippen molar-refractivity contribution < 1.29 is 9.47 Å². The monoisotopic (exact) mass is 508 g/mol. The van der Waals surface area contributed by atoms with E-state index in [0.717, 1.165) is 10.0 Å². The number of fused-ring (bicyclic) bond motifs is 1. The van der Waals surface area contributed by atoms with Crippen molar-refractivity contribution in [1.82, 2.24) is 9.66 Å². The van der Waals surface area contributed by atoms with E-state index in [4.69, 9.17) is 19.7 Å². The molecule has 0 bridgehead atoms. The standard InChI is InChI=1S/C25H25BrN4O3/c1-6-7-17-12-16(13-21(32-5)22(17)33-11-10-27)15-28-30-23(31)19-14-18(26)8-9-20(19)29-24(30)25(2,3)4/h6,8-9,12-15H,1,7,11H2,2-5H3. The second-order valence-corrected chi connectivity index (χ2v) is 9.28. The maximum atomic E-state index is 13.3. The number of hydrogen-bond donors (Lipinski definition) is 0. The molecular formula is C25H25BrN4O3. The van der Waals surface area contributed by atoms with Gasteiger partial charge in [0.2, 0.25) is 0 Å². The number of hydrogen-bond acceptors (Lipinski definition) is 6. The smallest absolute Gasteiger partial charge is 0.282 e. The van der Waals surface area contributed by atoms with Gasteiger partial charge in [0.15, 0.2) is 18.1 Å². The maximum Gasteiger partial charge on any atom is 0.282 e. The molecule has 0 spiro atoms. The molecule has 2 aromatic carbocycles. The molecule has 33 heavy (non-hydrogen) atoms. The molecule has 0 aliphatic heterocycles. The van der Waals surface area contributed by atoms with Crippen LogP contribution in [0.15, 0.2) is 57.4 Å². The van der Waals surface area contributed by atoms with Crippen molar-refractivity contribution in [2.75, 3.05) is 13.7 Å². The summed E-state index contributed by atoms with van der Waals surface area (Å²) in [7, 11) is 1.53. The third-order valence-electron chi connectivity index (χ3n) is 4.82. The number of methoxy groups -OCH3 is 1. The third-order valence-corrected chi connectivity index (χ3v) is 5.31. The Morgan fingerprint density at radius 1 is 1.30 bits per heavy atom. The van der Waals surface area contributed by atoms with Crippen LogP contribution in [0.1, 0.15) is 37.7 Å². The Kier molecular flexibility index (Phi) is 7.34. The van der Waals surface area contributed by atoms with Crippen LogP contribution in [-0.2, 0) is 11.8 Å². The maximum absolute atomic E-state index is 13.3. The molecule has 0 saturated heterocycles. The van der Waals surface area contributed by atoms with Crippen LogP contribution in [0.5, 0.6) is 11.5 Å². The molecule has 0 radical (unpaired) electrons. The largest absolute Gasteiger partial charge is 0.493 e. The summed E-state index contributed by atoms with van der Waals surface area (Å²) in [5.41, 5.74) is 1.45. The van der Waals surface area contributed by atoms with Gasteiger partial charge in [-0.2, -0.15) is 15.0 Å². The number of nitrogens with zero attached hydrogens (tertiary/aromatic N) is 4. The minimum Gasteiger partial charge on any atom is -0.493 e. The molecule has 1 aromatic heterocycles. The number of halogens is 1. The van der Waals surface area contributed by atoms with Gasteiger partial charge in [-0.3, -0.25) is 4.79 Å². The van der Waals surface area contributed by atoms with Gasteiger partial charge in [-0.15, -0.1) is 6.58 Å². The van der Waals surface area contributed by atoms with Gasteiger partial charge >= 0.3 is 0 Å². The van der Waals surface area contributed by atoms with E-state index in [-0.39, 0.29) is 12.2 Å². The summed E-state index contributed by atoms with van der Waals surface area (Å²) in [6, 6.07) is 11.0. The van der Waals surface area contributed by atoms with Gasteiger partial charge in [-0.1, -0.05) is 42.8 Å². The number of allylic oxidation sites excluding steroid dienone is 1. The lowest BCUT2D eigenvalue weighted by molar-refractivity contribution is 0.327. The molecule has 7 nitrogen and oxygen atoms in total. The minimum absolute atomic E-state index is 0.101. The zero-order valence-electron chi connectivity index (χ0n) is 19.1. The Morgan fingerprint density at radius 2 is 2.06 bits per heavy atom. The van der Waals surface area contributed by atoms with Crippen LogP contribution in [0, 0.1) is 11.3 Å². The molecule has 0 N–H and O–H groups in total. The summed E-state index contributed by atoms with van der Waals surface area (Å²) < 4.78 is 13.2. The summed E-state index contributed by atoms with van der Waals surface area (Å²) in [5.74, 6) is 1.50. The van der Waals surface area contributed by atoms with Crippen molar-refractivity contribution in [3.63, 3.8) is 0 Å². The molecule has 0 atom stereocenters. The van der Waals surface area contributed by atoms with E-state index >= 15 is 0 Å². The Morgan fingerprint density at radius 3 is 2.70 bits per heavy atom. The molecule has 3 aromatic rings. The van der Waals surface area contributed by atoms with E-state index in [0.29, 0.717) is 40.2 Å². The van der Waals surface area contributed by atoms with Gasteiger partial charge in [0.1, 0.15) is 11.9 Å². The fourth-order valence-electron chi connectivity index (χ4n) is 3.35. The number of aromatic nitrogens is 2. The van der Waals surface area contributed by atoms with E-state index in [9.17, 15) is 4.79 Å². The summed E-state index contributed by atoms with van der Waals surface area (Å²) in [4.78, 5) is 18.1. The molecule has 0 aliphatic rings. The topological polar surface area (TPSA) is 89.5 Å². The van der Waals surface area contributed by atoms with E-state index in [1.165, 1.54) is 11.8 Å². The predicted octanol–water partition coefficient (Wildman–Crippen LogP) is 4.98. The van der Waals surface area contributed by atoms with Crippen molar-refractivity contribution in [1.29, 1.82) is 5.26 Å². The molecule has 0 aliphatic carbocycles. The van der Waals surface area contributed by atoms with Crippen LogP contribution >= 0.6 is 15.9 Å². The van der Waals surface area contributed by atoms with Gasteiger partial charge in [-0.25, -0.2) is 4.98 Å². The lowest BCUT2D eigenvalue weighted by Gasteiger charge is -2.21. The van der Waals surface area contributed by atoms with E-state index in [2.05, 4.69) is 27.6 Å². The van der Waals surface area contributed by atoms with E-state index in [1.54, 1.807) is 24.4 Å². The molecule has 170 valence electrons. The van der Waals surface area contributed by atoms with Crippen LogP contribution < -0.4 is 15.0 Å². The molecule has 1 heterocycles. The first-order valence-electron chi connectivity index (χ1n) is 10.3. The second kappa shape index (κ2) is 10.0. The van der Waals surface area contributed by atoms with Crippen LogP contribution in [0.4, 0.5) is 0 Å². The molecule has 0 amide bonds. The SMILES string of the molecule is C=CCc1cc(C=Nn2c(C(C)(C)C)nc3ccc(Br)cc3c2=O)cc(OC)c1OCC#N. The average Bonchev–Trinajstić information content (AvgIpc) is 2.77. The molecule has 0 fully saturated rings. The van der Waals surface area contributed by atoms with Crippen molar-refractivity contribution in [2.45, 2.75) is 32.6 Å². The number of rotatable bonds is 7. The number of nitriles is 1. The Balaban J connectivity index is 2.18. The van der Waals surface area contributed by atoms with Crippen LogP contribution in [0.3, 0.4) is 0 Å². The first-order valence-corrected chi connectivity index (χ1v) is 11.1. The Bertz CT molecular complexity index is 1330. The van der Waals surface area contributed by atoms with Crippen LogP contribution in [0.25, 0.3) is 10.9 Å². The lowest BCUT2D eigenvalue weighted by Crippen LogP contribution is -2.29. The lowest BCUT2D eigenvalue weighted by atomic mass is 9.95. The summed E-state index contributed by atoms with van der Waals surface area (Å²) in [6.45, 7) is 9.64. The zero-order valence-corrected chi connectivity index (χ0v) is 20.6. The number of ether oxygens (including phenoxy) is 2. The molecule has 8 heteroatoms. The van der Waals surface area contributed by atoms with E-state index in [1.807, 2.05) is 45.0 Å². The van der Waals surface area contributed by atoms with Crippen molar-refractivity contribution in [3.8, 4) is 17.6 Å². The highest BCUT2D eigenvalue weighted by Crippen LogP contribution is 2.33. The third kappa shape index (κ3) is 5.32. The van der Waals surface area contributed by atoms with Crippen molar-refractivity contribution in [2.24, 2.45) is 5.10 Å². The van der Waals surface area contributed by atoms with Gasteiger partial charge in [0.25, 0.3) is 5.56 Å². The second-order valence-electron chi connectivity index (χ2n) is 8.36. The summed E-state index contributed by atoms with van der Waals surface area (Å²) in [6.07, 6.45) is 3.84. The molecule has 0 unspecified atom stereocenters. The Labute approximate surface area is 201 Å². The van der Waals surface area contributed by atoms with Gasteiger partial charge in [0.05, 0.1) is 24.2 Å². The van der Waals surface area contributed by atoms with Crippen molar-refractivity contribution in [3.05, 3.63) is 74.8 Å². The van der Waals surface area contributed by atoms with Gasteiger partial charge in [0, 0.05) is 15.5 Å². The molecule has 3 rings (SSSR count). The number of benzene rings is 2. The summed E-state index contributed by atoms with van der Waals surface area (Å²) in [5, 5.41) is 13.9. The quantitative estimate of drug-likeness (QED) is 0.331. The van der Waals surface area contributed by atoms with E-state index < -0.39 is 5.41 Å². The minimum atomic E-state index is -0.418. The fraction of sp³-hybridized carbons (Fsp3) is 0.280. The van der Waals surface area contributed by atoms with Crippen molar-refractivity contribution >= 4 is 33.0 Å². The highest BCUT2D eigenvalue weighted by molar-refractivity contribution is 9.10. The van der Waals surface area contributed by atoms with Gasteiger partial charge < -0.3 is 9.47 Å². The summed E-state index contributed by atoms with van der Waals surface area (Å²) >= 11 is 3.42. The predicted molar refractivity (Wildman–Crippen MR) is 133 cm³/mol. The van der Waals surface area contributed by atoms with Crippen LogP contribution in [0.2, 0.25) is 0 Å².